The molecule has 0 radical (unpaired) electrons. The molecule has 3 heterocycles. The number of likely N-dealkylation sites (tertiary alicyclic amines) is 1. The fourth-order valence-electron chi connectivity index (χ4n) is 4.36. The first kappa shape index (κ1) is 20.3. The summed E-state index contributed by atoms with van der Waals surface area (Å²) in [5.74, 6) is 1.27. The maximum absolute atomic E-state index is 12.5. The van der Waals surface area contributed by atoms with Gasteiger partial charge in [0.05, 0.1) is 10.6 Å². The predicted octanol–water partition coefficient (Wildman–Crippen LogP) is 2.14. The summed E-state index contributed by atoms with van der Waals surface area (Å²) in [7, 11) is -3.19. The first-order valence-electron chi connectivity index (χ1n) is 10.5. The van der Waals surface area contributed by atoms with E-state index in [1.54, 1.807) is 24.3 Å². The maximum Gasteiger partial charge on any atom is 0.179 e. The van der Waals surface area contributed by atoms with Gasteiger partial charge in [0, 0.05) is 45.0 Å². The van der Waals surface area contributed by atoms with Crippen LogP contribution in [0.1, 0.15) is 12.8 Å². The van der Waals surface area contributed by atoms with Crippen LogP contribution in [0.5, 0.6) is 0 Å². The topological polar surface area (TPSA) is 56.8 Å². The average molecular weight is 415 g/mol. The molecule has 0 atom stereocenters. The molecule has 156 valence electrons. The molecule has 2 aromatic rings. The number of sulfone groups is 1. The Labute approximate surface area is 174 Å². The fraction of sp³-hybridized carbons (Fsp3) is 0.500. The number of anilines is 1. The largest absolute Gasteiger partial charge is 0.354 e. The molecule has 0 bridgehead atoms. The molecule has 0 saturated carbocycles. The number of nitrogens with zero attached hydrogens (tertiary/aromatic N) is 4. The SMILES string of the molecule is O=S(=O)(CCN1CCC(N2CCN(c3ccccn3)CC2)CC1)c1ccccc1. The number of piperidine rings is 1. The minimum Gasteiger partial charge on any atom is -0.354 e. The number of piperazine rings is 1. The maximum atomic E-state index is 12.5. The number of hydrogen-bond acceptors (Lipinski definition) is 6. The summed E-state index contributed by atoms with van der Waals surface area (Å²) in [6.07, 6.45) is 4.10. The van der Waals surface area contributed by atoms with E-state index in [0.29, 0.717) is 17.5 Å². The third kappa shape index (κ3) is 5.15. The Morgan fingerprint density at radius 1 is 0.862 bits per heavy atom. The second kappa shape index (κ2) is 9.24. The van der Waals surface area contributed by atoms with Gasteiger partial charge in [0.1, 0.15) is 5.82 Å². The normalized spacial score (nSPS) is 20.1. The zero-order chi connectivity index (χ0) is 20.1. The van der Waals surface area contributed by atoms with Crippen molar-refractivity contribution in [3.05, 3.63) is 54.7 Å². The van der Waals surface area contributed by atoms with Crippen molar-refractivity contribution in [2.24, 2.45) is 0 Å². The van der Waals surface area contributed by atoms with Crippen molar-refractivity contribution in [2.45, 2.75) is 23.8 Å². The molecule has 2 fully saturated rings. The van der Waals surface area contributed by atoms with E-state index < -0.39 is 9.84 Å². The van der Waals surface area contributed by atoms with E-state index in [0.717, 1.165) is 57.9 Å². The molecular formula is C22H30N4O2S. The minimum absolute atomic E-state index is 0.199. The summed E-state index contributed by atoms with van der Waals surface area (Å²) in [5.41, 5.74) is 0. The van der Waals surface area contributed by atoms with Gasteiger partial charge in [0.2, 0.25) is 0 Å². The highest BCUT2D eigenvalue weighted by Crippen LogP contribution is 2.21. The number of hydrogen-bond donors (Lipinski definition) is 0. The van der Waals surface area contributed by atoms with Gasteiger partial charge in [-0.15, -0.1) is 0 Å². The van der Waals surface area contributed by atoms with E-state index in [1.807, 2.05) is 24.4 Å². The van der Waals surface area contributed by atoms with Gasteiger partial charge in [-0.2, -0.15) is 0 Å². The van der Waals surface area contributed by atoms with Crippen LogP contribution in [0.15, 0.2) is 59.6 Å². The minimum atomic E-state index is -3.19. The first-order valence-corrected chi connectivity index (χ1v) is 12.2. The standard InChI is InChI=1S/C22H30N4O2S/c27-29(28,21-6-2-1-3-7-21)19-18-24-12-9-20(10-13-24)25-14-16-26(17-15-25)22-8-4-5-11-23-22/h1-8,11,20H,9-10,12-19H2. The third-order valence-electron chi connectivity index (χ3n) is 6.14. The Morgan fingerprint density at radius 2 is 1.55 bits per heavy atom. The molecule has 4 rings (SSSR count). The van der Waals surface area contributed by atoms with Gasteiger partial charge < -0.3 is 9.80 Å². The van der Waals surface area contributed by atoms with Crippen LogP contribution in [0.25, 0.3) is 0 Å². The van der Waals surface area contributed by atoms with Crippen molar-refractivity contribution < 1.29 is 8.42 Å². The Bertz CT molecular complexity index is 860. The molecule has 7 heteroatoms. The van der Waals surface area contributed by atoms with Crippen molar-refractivity contribution in [1.82, 2.24) is 14.8 Å². The molecule has 29 heavy (non-hydrogen) atoms. The fourth-order valence-corrected chi connectivity index (χ4v) is 5.67. The van der Waals surface area contributed by atoms with Gasteiger partial charge in [-0.3, -0.25) is 4.90 Å². The Kier molecular flexibility index (Phi) is 6.47. The highest BCUT2D eigenvalue weighted by molar-refractivity contribution is 7.91. The number of benzene rings is 1. The van der Waals surface area contributed by atoms with Gasteiger partial charge in [-0.1, -0.05) is 24.3 Å². The highest BCUT2D eigenvalue weighted by atomic mass is 32.2. The van der Waals surface area contributed by atoms with Gasteiger partial charge in [-0.25, -0.2) is 13.4 Å². The molecule has 2 saturated heterocycles. The number of rotatable bonds is 6. The lowest BCUT2D eigenvalue weighted by Crippen LogP contribution is -2.53. The molecule has 1 aromatic heterocycles. The van der Waals surface area contributed by atoms with Crippen LogP contribution in [-0.4, -0.2) is 80.8 Å². The highest BCUT2D eigenvalue weighted by Gasteiger charge is 2.28. The van der Waals surface area contributed by atoms with Gasteiger partial charge in [0.15, 0.2) is 9.84 Å². The Morgan fingerprint density at radius 3 is 2.21 bits per heavy atom. The van der Waals surface area contributed by atoms with Crippen molar-refractivity contribution in [1.29, 1.82) is 0 Å². The quantitative estimate of drug-likeness (QED) is 0.722. The second-order valence-electron chi connectivity index (χ2n) is 7.92. The van der Waals surface area contributed by atoms with Crippen LogP contribution in [0.4, 0.5) is 5.82 Å². The molecule has 1 aromatic carbocycles. The molecule has 2 aliphatic rings. The number of aromatic nitrogens is 1. The van der Waals surface area contributed by atoms with E-state index in [2.05, 4.69) is 25.8 Å². The van der Waals surface area contributed by atoms with Crippen LogP contribution in [-0.2, 0) is 9.84 Å². The van der Waals surface area contributed by atoms with Crippen molar-refractivity contribution in [3.8, 4) is 0 Å². The van der Waals surface area contributed by atoms with E-state index in [9.17, 15) is 8.42 Å². The lowest BCUT2D eigenvalue weighted by Gasteiger charge is -2.43. The third-order valence-corrected chi connectivity index (χ3v) is 7.85. The van der Waals surface area contributed by atoms with Crippen LogP contribution in [0.2, 0.25) is 0 Å². The van der Waals surface area contributed by atoms with Crippen molar-refractivity contribution >= 4 is 15.7 Å². The summed E-state index contributed by atoms with van der Waals surface area (Å²) in [6.45, 7) is 6.77. The van der Waals surface area contributed by atoms with E-state index in [1.165, 1.54) is 0 Å². The lowest BCUT2D eigenvalue weighted by atomic mass is 10.0. The molecule has 0 N–H and O–H groups in total. The number of pyridine rings is 1. The van der Waals surface area contributed by atoms with Crippen molar-refractivity contribution in [3.63, 3.8) is 0 Å². The molecule has 0 amide bonds. The molecule has 2 aliphatic heterocycles. The lowest BCUT2D eigenvalue weighted by molar-refractivity contribution is 0.106. The molecule has 0 unspecified atom stereocenters. The second-order valence-corrected chi connectivity index (χ2v) is 10.0. The summed E-state index contributed by atoms with van der Waals surface area (Å²) in [6, 6.07) is 15.5. The molecule has 0 aliphatic carbocycles. The smallest absolute Gasteiger partial charge is 0.179 e. The zero-order valence-electron chi connectivity index (χ0n) is 16.9. The van der Waals surface area contributed by atoms with Crippen LogP contribution in [0, 0.1) is 0 Å². The van der Waals surface area contributed by atoms with E-state index in [-0.39, 0.29) is 5.75 Å². The van der Waals surface area contributed by atoms with Gasteiger partial charge in [0.25, 0.3) is 0 Å². The van der Waals surface area contributed by atoms with Gasteiger partial charge in [-0.05, 0) is 50.2 Å². The van der Waals surface area contributed by atoms with Gasteiger partial charge >= 0.3 is 0 Å². The average Bonchev–Trinajstić information content (AvgIpc) is 2.79. The summed E-state index contributed by atoms with van der Waals surface area (Å²) in [4.78, 5) is 12.2. The first-order chi connectivity index (χ1) is 14.1. The summed E-state index contributed by atoms with van der Waals surface area (Å²) < 4.78 is 25.0. The Balaban J connectivity index is 1.21. The molecule has 6 nitrogen and oxygen atoms in total. The zero-order valence-corrected chi connectivity index (χ0v) is 17.7. The molecular weight excluding hydrogens is 384 g/mol. The Hall–Kier alpha value is -1.96. The monoisotopic (exact) mass is 414 g/mol. The summed E-state index contributed by atoms with van der Waals surface area (Å²) >= 11 is 0. The van der Waals surface area contributed by atoms with Crippen LogP contribution in [0.3, 0.4) is 0 Å². The van der Waals surface area contributed by atoms with E-state index >= 15 is 0 Å². The van der Waals surface area contributed by atoms with Crippen molar-refractivity contribution in [2.75, 3.05) is 56.5 Å². The summed E-state index contributed by atoms with van der Waals surface area (Å²) in [5, 5.41) is 0. The van der Waals surface area contributed by atoms with E-state index in [4.69, 9.17) is 0 Å². The predicted molar refractivity (Wildman–Crippen MR) is 116 cm³/mol. The van der Waals surface area contributed by atoms with Crippen LogP contribution >= 0.6 is 0 Å². The molecule has 0 spiro atoms. The van der Waals surface area contributed by atoms with Crippen LogP contribution < -0.4 is 4.90 Å².